The molecule has 33 heavy (non-hydrogen) atoms. The number of methoxy groups -OCH3 is 2. The van der Waals surface area contributed by atoms with E-state index in [1.54, 1.807) is 38.5 Å². The molecule has 0 aromatic heterocycles. The number of nitrogens with zero attached hydrogens (tertiary/aromatic N) is 1. The summed E-state index contributed by atoms with van der Waals surface area (Å²) in [4.78, 5) is 12.4. The quantitative estimate of drug-likeness (QED) is 0.358. The maximum Gasteiger partial charge on any atom is 0.271 e. The van der Waals surface area contributed by atoms with Gasteiger partial charge in [-0.2, -0.15) is 5.10 Å². The van der Waals surface area contributed by atoms with Crippen LogP contribution in [-0.4, -0.2) is 32.9 Å². The van der Waals surface area contributed by atoms with E-state index in [4.69, 9.17) is 18.9 Å². The summed E-state index contributed by atoms with van der Waals surface area (Å²) in [5.74, 6) is 1.91. The largest absolute Gasteiger partial charge is 0.493 e. The Labute approximate surface area is 193 Å². The zero-order valence-electron chi connectivity index (χ0n) is 19.3. The number of amides is 1. The molecule has 0 radical (unpaired) electrons. The molecule has 3 aromatic rings. The van der Waals surface area contributed by atoms with Crippen molar-refractivity contribution in [2.45, 2.75) is 20.5 Å². The number of hydrogen-bond donors (Lipinski definition) is 1. The first-order chi connectivity index (χ1) is 16.0. The molecule has 0 saturated heterocycles. The summed E-state index contributed by atoms with van der Waals surface area (Å²) in [6, 6.07) is 18.6. The van der Waals surface area contributed by atoms with Crippen molar-refractivity contribution in [1.29, 1.82) is 0 Å². The maximum atomic E-state index is 12.4. The highest BCUT2D eigenvalue weighted by molar-refractivity contribution is 5.95. The van der Waals surface area contributed by atoms with Crippen molar-refractivity contribution < 1.29 is 23.7 Å². The van der Waals surface area contributed by atoms with Crippen molar-refractivity contribution >= 4 is 12.1 Å². The molecule has 0 fully saturated rings. The summed E-state index contributed by atoms with van der Waals surface area (Å²) < 4.78 is 22.1. The number of hydrogen-bond acceptors (Lipinski definition) is 6. The van der Waals surface area contributed by atoms with Crippen molar-refractivity contribution in [2.24, 2.45) is 5.10 Å². The monoisotopic (exact) mass is 448 g/mol. The van der Waals surface area contributed by atoms with Gasteiger partial charge in [0.05, 0.1) is 27.0 Å². The Morgan fingerprint density at radius 2 is 1.61 bits per heavy atom. The van der Waals surface area contributed by atoms with Gasteiger partial charge >= 0.3 is 0 Å². The Morgan fingerprint density at radius 1 is 0.879 bits per heavy atom. The van der Waals surface area contributed by atoms with E-state index in [1.165, 1.54) is 11.8 Å². The molecule has 0 unspecified atom stereocenters. The standard InChI is InChI=1S/C26H28N2O5/c1-5-32-25-15-21(11-13-22(25)30-3)26(29)28-27-16-20-10-12-23(24(14-20)31-4)33-17-19-8-6-18(2)7-9-19/h6-16H,5,17H2,1-4H3,(H,28,29)/b27-16+. The zero-order valence-corrected chi connectivity index (χ0v) is 19.3. The van der Waals surface area contributed by atoms with Crippen molar-refractivity contribution in [2.75, 3.05) is 20.8 Å². The number of nitrogens with one attached hydrogen (secondary N) is 1. The fourth-order valence-corrected chi connectivity index (χ4v) is 3.05. The minimum atomic E-state index is -0.361. The summed E-state index contributed by atoms with van der Waals surface area (Å²) in [5.41, 5.74) is 5.95. The summed E-state index contributed by atoms with van der Waals surface area (Å²) in [6.45, 7) is 4.81. The summed E-state index contributed by atoms with van der Waals surface area (Å²) in [6.07, 6.45) is 1.54. The first-order valence-electron chi connectivity index (χ1n) is 10.5. The lowest BCUT2D eigenvalue weighted by atomic mass is 10.2. The fraction of sp³-hybridized carbons (Fsp3) is 0.231. The normalized spacial score (nSPS) is 10.7. The van der Waals surface area contributed by atoms with Crippen LogP contribution in [-0.2, 0) is 6.61 Å². The van der Waals surface area contributed by atoms with E-state index in [9.17, 15) is 4.79 Å². The molecule has 7 heteroatoms. The lowest BCUT2D eigenvalue weighted by Crippen LogP contribution is -2.17. The maximum absolute atomic E-state index is 12.4. The first kappa shape index (κ1) is 23.7. The molecular formula is C26H28N2O5. The van der Waals surface area contributed by atoms with Gasteiger partial charge in [0, 0.05) is 5.56 Å². The second-order valence-corrected chi connectivity index (χ2v) is 7.18. The molecule has 0 aliphatic heterocycles. The molecule has 0 spiro atoms. The molecule has 3 aromatic carbocycles. The second-order valence-electron chi connectivity index (χ2n) is 7.18. The van der Waals surface area contributed by atoms with E-state index >= 15 is 0 Å². The van der Waals surface area contributed by atoms with Crippen LogP contribution in [0.1, 0.15) is 34.0 Å². The molecule has 0 saturated carbocycles. The predicted octanol–water partition coefficient (Wildman–Crippen LogP) is 4.75. The van der Waals surface area contributed by atoms with Crippen molar-refractivity contribution in [3.8, 4) is 23.0 Å². The summed E-state index contributed by atoms with van der Waals surface area (Å²) >= 11 is 0. The lowest BCUT2D eigenvalue weighted by molar-refractivity contribution is 0.0954. The van der Waals surface area contributed by atoms with Crippen LogP contribution in [0.2, 0.25) is 0 Å². The number of hydrazone groups is 1. The van der Waals surface area contributed by atoms with Gasteiger partial charge in [-0.15, -0.1) is 0 Å². The Kier molecular flexibility index (Phi) is 8.30. The highest BCUT2D eigenvalue weighted by Gasteiger charge is 2.11. The topological polar surface area (TPSA) is 78.4 Å². The Balaban J connectivity index is 1.63. The molecule has 3 rings (SSSR count). The molecule has 0 aliphatic rings. The molecule has 0 bridgehead atoms. The SMILES string of the molecule is CCOc1cc(C(=O)N/N=C/c2ccc(OCc3ccc(C)cc3)c(OC)c2)ccc1OC. The second kappa shape index (κ2) is 11.6. The third kappa shape index (κ3) is 6.49. The predicted molar refractivity (Wildman–Crippen MR) is 128 cm³/mol. The Hall–Kier alpha value is -4.00. The van der Waals surface area contributed by atoms with E-state index in [-0.39, 0.29) is 5.91 Å². The van der Waals surface area contributed by atoms with Crippen molar-refractivity contribution in [1.82, 2.24) is 5.43 Å². The van der Waals surface area contributed by atoms with Gasteiger partial charge in [0.1, 0.15) is 6.61 Å². The number of ether oxygens (including phenoxy) is 4. The van der Waals surface area contributed by atoms with Crippen LogP contribution in [0.15, 0.2) is 65.8 Å². The average Bonchev–Trinajstić information content (AvgIpc) is 2.84. The average molecular weight is 449 g/mol. The fourth-order valence-electron chi connectivity index (χ4n) is 3.05. The van der Waals surface area contributed by atoms with Gasteiger partial charge in [-0.3, -0.25) is 4.79 Å². The molecular weight excluding hydrogens is 420 g/mol. The van der Waals surface area contributed by atoms with Gasteiger partial charge in [-0.1, -0.05) is 29.8 Å². The number of rotatable bonds is 10. The van der Waals surface area contributed by atoms with E-state index in [0.717, 1.165) is 11.1 Å². The van der Waals surface area contributed by atoms with Gasteiger partial charge in [0.15, 0.2) is 23.0 Å². The molecule has 0 aliphatic carbocycles. The van der Waals surface area contributed by atoms with E-state index in [0.29, 0.717) is 41.8 Å². The van der Waals surface area contributed by atoms with Crippen LogP contribution >= 0.6 is 0 Å². The van der Waals surface area contributed by atoms with Gasteiger partial charge < -0.3 is 18.9 Å². The summed E-state index contributed by atoms with van der Waals surface area (Å²) in [5, 5.41) is 4.05. The van der Waals surface area contributed by atoms with Gasteiger partial charge in [0.25, 0.3) is 5.91 Å². The van der Waals surface area contributed by atoms with Crippen LogP contribution in [0, 0.1) is 6.92 Å². The van der Waals surface area contributed by atoms with Crippen LogP contribution < -0.4 is 24.4 Å². The molecule has 172 valence electrons. The van der Waals surface area contributed by atoms with Gasteiger partial charge in [0.2, 0.25) is 0 Å². The first-order valence-corrected chi connectivity index (χ1v) is 10.5. The van der Waals surface area contributed by atoms with Gasteiger partial charge in [-0.05, 0) is 61.4 Å². The molecule has 0 heterocycles. The minimum absolute atomic E-state index is 0.361. The summed E-state index contributed by atoms with van der Waals surface area (Å²) in [7, 11) is 3.13. The van der Waals surface area contributed by atoms with Crippen LogP contribution in [0.3, 0.4) is 0 Å². The highest BCUT2D eigenvalue weighted by Crippen LogP contribution is 2.29. The van der Waals surface area contributed by atoms with E-state index in [2.05, 4.69) is 10.5 Å². The van der Waals surface area contributed by atoms with E-state index in [1.807, 2.05) is 50.2 Å². The molecule has 7 nitrogen and oxygen atoms in total. The zero-order chi connectivity index (χ0) is 23.6. The lowest BCUT2D eigenvalue weighted by Gasteiger charge is -2.11. The van der Waals surface area contributed by atoms with Crippen molar-refractivity contribution in [3.05, 3.63) is 82.9 Å². The van der Waals surface area contributed by atoms with Gasteiger partial charge in [-0.25, -0.2) is 5.43 Å². The number of carbonyl (C=O) groups excluding carboxylic acids is 1. The number of benzene rings is 3. The Bertz CT molecular complexity index is 1110. The van der Waals surface area contributed by atoms with Crippen molar-refractivity contribution in [3.63, 3.8) is 0 Å². The number of aryl methyl sites for hydroxylation is 1. The highest BCUT2D eigenvalue weighted by atomic mass is 16.5. The molecule has 1 amide bonds. The third-order valence-electron chi connectivity index (χ3n) is 4.81. The smallest absolute Gasteiger partial charge is 0.271 e. The van der Waals surface area contributed by atoms with E-state index < -0.39 is 0 Å². The van der Waals surface area contributed by atoms with Crippen LogP contribution in [0.4, 0.5) is 0 Å². The third-order valence-corrected chi connectivity index (χ3v) is 4.81. The van der Waals surface area contributed by atoms with Crippen LogP contribution in [0.5, 0.6) is 23.0 Å². The Morgan fingerprint density at radius 3 is 2.30 bits per heavy atom. The minimum Gasteiger partial charge on any atom is -0.493 e. The molecule has 0 atom stereocenters. The molecule has 1 N–H and O–H groups in total. The number of carbonyl (C=O) groups is 1. The van der Waals surface area contributed by atoms with Crippen LogP contribution in [0.25, 0.3) is 0 Å².